The molecule has 398 valence electrons. The minimum Gasteiger partial charge on any atom is -0.462 e. The van der Waals surface area contributed by atoms with Crippen LogP contribution in [0.3, 0.4) is 0 Å². The van der Waals surface area contributed by atoms with Crippen molar-refractivity contribution in [3.8, 4) is 0 Å². The second-order valence-corrected chi connectivity index (χ2v) is 21.2. The first-order valence-corrected chi connectivity index (χ1v) is 30.0. The van der Waals surface area contributed by atoms with Crippen LogP contribution in [0.1, 0.15) is 317 Å². The monoisotopic (exact) mass is 947 g/mol. The predicted molar refractivity (Wildman–Crippen MR) is 290 cm³/mol. The number of unbranched alkanes of at least 4 members (excludes halogenated alkanes) is 28. The summed E-state index contributed by atoms with van der Waals surface area (Å²) in [5, 5.41) is 0. The van der Waals surface area contributed by atoms with Crippen LogP contribution < -0.4 is 0 Å². The standard InChI is InChI=1S/C60H118N2O5/c1-8-13-18-23-27-33-42-53-62(54-43-52-61(6)7)60(65)55(45-35-30-28-32-41-51-59(64)67-57(48-38-21-16-11-4)49-39-22-17-12-5)44-34-29-25-24-26-31-40-50-58(63)66-56(46-36-19-14-9-2)47-37-20-15-10-3/h55-57H,8-54H2,1-7H3. The number of ether oxygens (including phenoxy) is 2. The third kappa shape index (κ3) is 44.1. The van der Waals surface area contributed by atoms with Crippen molar-refractivity contribution in [1.82, 2.24) is 9.80 Å². The highest BCUT2D eigenvalue weighted by molar-refractivity contribution is 5.78. The number of esters is 2. The summed E-state index contributed by atoms with van der Waals surface area (Å²) in [5.74, 6) is 0.530. The molecule has 0 fully saturated rings. The van der Waals surface area contributed by atoms with Crippen LogP contribution in [-0.2, 0) is 23.9 Å². The molecule has 0 aliphatic carbocycles. The van der Waals surface area contributed by atoms with Crippen molar-refractivity contribution in [3.63, 3.8) is 0 Å². The Bertz CT molecular complexity index is 1040. The van der Waals surface area contributed by atoms with Gasteiger partial charge in [-0.2, -0.15) is 0 Å². The van der Waals surface area contributed by atoms with Gasteiger partial charge < -0.3 is 19.3 Å². The van der Waals surface area contributed by atoms with E-state index in [9.17, 15) is 14.4 Å². The lowest BCUT2D eigenvalue weighted by Crippen LogP contribution is -2.38. The fraction of sp³-hybridized carbons (Fsp3) is 0.950. The molecule has 0 heterocycles. The fourth-order valence-electron chi connectivity index (χ4n) is 9.76. The maximum atomic E-state index is 14.4. The maximum absolute atomic E-state index is 14.4. The molecule has 0 aliphatic heterocycles. The predicted octanol–water partition coefficient (Wildman–Crippen LogP) is 18.1. The molecule has 0 aromatic heterocycles. The number of carbonyl (C=O) groups is 3. The average Bonchev–Trinajstić information content (AvgIpc) is 3.31. The van der Waals surface area contributed by atoms with Gasteiger partial charge in [-0.1, -0.05) is 214 Å². The van der Waals surface area contributed by atoms with Gasteiger partial charge in [-0.3, -0.25) is 14.4 Å². The molecule has 0 saturated carbocycles. The number of hydrogen-bond acceptors (Lipinski definition) is 6. The van der Waals surface area contributed by atoms with E-state index in [-0.39, 0.29) is 30.1 Å². The van der Waals surface area contributed by atoms with Crippen LogP contribution in [0.4, 0.5) is 0 Å². The largest absolute Gasteiger partial charge is 0.462 e. The van der Waals surface area contributed by atoms with Crippen molar-refractivity contribution < 1.29 is 23.9 Å². The first-order chi connectivity index (χ1) is 32.7. The lowest BCUT2D eigenvalue weighted by atomic mass is 9.92. The van der Waals surface area contributed by atoms with Crippen LogP contribution in [-0.4, -0.2) is 73.6 Å². The Kier molecular flexibility index (Phi) is 49.5. The van der Waals surface area contributed by atoms with Gasteiger partial charge in [0.1, 0.15) is 12.2 Å². The highest BCUT2D eigenvalue weighted by Gasteiger charge is 2.24. The topological polar surface area (TPSA) is 76.2 Å². The Morgan fingerprint density at radius 1 is 0.328 bits per heavy atom. The third-order valence-electron chi connectivity index (χ3n) is 14.2. The molecule has 1 unspecified atom stereocenters. The highest BCUT2D eigenvalue weighted by atomic mass is 16.5. The Labute approximate surface area is 419 Å². The highest BCUT2D eigenvalue weighted by Crippen LogP contribution is 2.24. The molecule has 1 atom stereocenters. The fourth-order valence-corrected chi connectivity index (χ4v) is 9.76. The summed E-state index contributed by atoms with van der Waals surface area (Å²) < 4.78 is 12.1. The molecule has 0 aromatic carbocycles. The molecule has 7 nitrogen and oxygen atoms in total. The normalized spacial score (nSPS) is 12.1. The van der Waals surface area contributed by atoms with Crippen molar-refractivity contribution in [2.75, 3.05) is 33.7 Å². The van der Waals surface area contributed by atoms with E-state index in [0.717, 1.165) is 135 Å². The van der Waals surface area contributed by atoms with Crippen molar-refractivity contribution in [2.45, 2.75) is 329 Å². The molecule has 7 heteroatoms. The van der Waals surface area contributed by atoms with Crippen molar-refractivity contribution in [2.24, 2.45) is 5.92 Å². The summed E-state index contributed by atoms with van der Waals surface area (Å²) >= 11 is 0. The number of amides is 1. The van der Waals surface area contributed by atoms with Gasteiger partial charge in [0.2, 0.25) is 5.91 Å². The summed E-state index contributed by atoms with van der Waals surface area (Å²) in [6.45, 7) is 14.0. The molecule has 0 aliphatic rings. The zero-order chi connectivity index (χ0) is 49.3. The van der Waals surface area contributed by atoms with Crippen molar-refractivity contribution in [1.29, 1.82) is 0 Å². The van der Waals surface area contributed by atoms with E-state index in [4.69, 9.17) is 9.47 Å². The summed E-state index contributed by atoms with van der Waals surface area (Å²) in [6, 6.07) is 0. The van der Waals surface area contributed by atoms with E-state index in [1.807, 2.05) is 0 Å². The molecule has 0 aromatic rings. The van der Waals surface area contributed by atoms with Crippen LogP contribution in [0.2, 0.25) is 0 Å². The lowest BCUT2D eigenvalue weighted by Gasteiger charge is -2.28. The zero-order valence-corrected chi connectivity index (χ0v) is 46.4. The average molecular weight is 948 g/mol. The van der Waals surface area contributed by atoms with Gasteiger partial charge in [0.15, 0.2) is 0 Å². The smallest absolute Gasteiger partial charge is 0.306 e. The van der Waals surface area contributed by atoms with Crippen molar-refractivity contribution in [3.05, 3.63) is 0 Å². The first-order valence-electron chi connectivity index (χ1n) is 30.0. The van der Waals surface area contributed by atoms with Gasteiger partial charge in [0, 0.05) is 31.8 Å². The van der Waals surface area contributed by atoms with E-state index in [1.54, 1.807) is 0 Å². The maximum Gasteiger partial charge on any atom is 0.306 e. The molecule has 0 bridgehead atoms. The van der Waals surface area contributed by atoms with E-state index in [1.165, 1.54) is 154 Å². The zero-order valence-electron chi connectivity index (χ0n) is 46.4. The minimum absolute atomic E-state index is 0.00181. The molecule has 0 saturated heterocycles. The van der Waals surface area contributed by atoms with Gasteiger partial charge in [-0.15, -0.1) is 0 Å². The molecule has 1 amide bonds. The van der Waals surface area contributed by atoms with E-state index >= 15 is 0 Å². The van der Waals surface area contributed by atoms with Gasteiger partial charge in [0.05, 0.1) is 0 Å². The number of carbonyl (C=O) groups excluding carboxylic acids is 3. The van der Waals surface area contributed by atoms with Gasteiger partial charge in [0.25, 0.3) is 0 Å². The molecule has 0 spiro atoms. The molecule has 0 radical (unpaired) electrons. The number of nitrogens with zero attached hydrogens (tertiary/aromatic N) is 2. The van der Waals surface area contributed by atoms with Crippen molar-refractivity contribution >= 4 is 17.8 Å². The first kappa shape index (κ1) is 65.4. The van der Waals surface area contributed by atoms with Crippen LogP contribution >= 0.6 is 0 Å². The van der Waals surface area contributed by atoms with Crippen LogP contribution in [0.5, 0.6) is 0 Å². The molecule has 67 heavy (non-hydrogen) atoms. The quantitative estimate of drug-likeness (QED) is 0.0447. The summed E-state index contributed by atoms with van der Waals surface area (Å²) in [5.41, 5.74) is 0. The Morgan fingerprint density at radius 3 is 0.970 bits per heavy atom. The Balaban J connectivity index is 5.08. The summed E-state index contributed by atoms with van der Waals surface area (Å²) in [4.78, 5) is 44.5. The summed E-state index contributed by atoms with van der Waals surface area (Å²) in [6.07, 6.45) is 50.1. The third-order valence-corrected chi connectivity index (χ3v) is 14.2. The SMILES string of the molecule is CCCCCCCCCN(CCCN(C)C)C(=O)C(CCCCCCCCCC(=O)OC(CCCCCC)CCCCCC)CCCCCCCC(=O)OC(CCCCCC)CCCCCC. The van der Waals surface area contributed by atoms with Crippen LogP contribution in [0, 0.1) is 5.92 Å². The lowest BCUT2D eigenvalue weighted by molar-refractivity contribution is -0.151. The van der Waals surface area contributed by atoms with Gasteiger partial charge >= 0.3 is 11.9 Å². The van der Waals surface area contributed by atoms with E-state index in [2.05, 4.69) is 58.5 Å². The Morgan fingerprint density at radius 2 is 0.612 bits per heavy atom. The Hall–Kier alpha value is -1.63. The van der Waals surface area contributed by atoms with Gasteiger partial charge in [-0.25, -0.2) is 0 Å². The van der Waals surface area contributed by atoms with E-state index < -0.39 is 0 Å². The molecule has 0 N–H and O–H groups in total. The number of rotatable bonds is 53. The van der Waals surface area contributed by atoms with E-state index in [0.29, 0.717) is 18.7 Å². The molecular formula is C60H118N2O5. The molecular weight excluding hydrogens is 829 g/mol. The van der Waals surface area contributed by atoms with Gasteiger partial charge in [-0.05, 0) is 111 Å². The van der Waals surface area contributed by atoms with Crippen LogP contribution in [0.25, 0.3) is 0 Å². The summed E-state index contributed by atoms with van der Waals surface area (Å²) in [7, 11) is 4.26. The minimum atomic E-state index is 0.00181. The molecule has 0 rings (SSSR count). The second-order valence-electron chi connectivity index (χ2n) is 21.2. The number of hydrogen-bond donors (Lipinski definition) is 0. The second kappa shape index (κ2) is 50.7. The van der Waals surface area contributed by atoms with Crippen LogP contribution in [0.15, 0.2) is 0 Å².